The molecule has 0 aliphatic heterocycles. The first-order chi connectivity index (χ1) is 12.8. The average Bonchev–Trinajstić information content (AvgIpc) is 2.63. The van der Waals surface area contributed by atoms with Gasteiger partial charge in [-0.1, -0.05) is 48.5 Å². The van der Waals surface area contributed by atoms with Crippen LogP contribution in [0.15, 0.2) is 0 Å². The quantitative estimate of drug-likeness (QED) is 0.235. The second-order valence-electron chi connectivity index (χ2n) is 10.1. The standard InChI is InChI=1S/C22H48O4Si2/c1-12-28(13-2,14-3)26-20(15-16-23)22(8,24-9)17-19(4)18-25-27(10,11)21(5,6)7/h16,19-20H,12-15,17-18H2,1-11H3/t19-,20-,22-/m1/s1. The largest absolute Gasteiger partial charge is 0.417 e. The highest BCUT2D eigenvalue weighted by Crippen LogP contribution is 2.38. The summed E-state index contributed by atoms with van der Waals surface area (Å²) in [6.45, 7) is 23.1. The smallest absolute Gasteiger partial charge is 0.192 e. The molecule has 0 heterocycles. The molecular weight excluding hydrogens is 384 g/mol. The predicted molar refractivity (Wildman–Crippen MR) is 125 cm³/mol. The third-order valence-electron chi connectivity index (χ3n) is 7.07. The summed E-state index contributed by atoms with van der Waals surface area (Å²) in [5.74, 6) is 0.331. The van der Waals surface area contributed by atoms with Gasteiger partial charge < -0.3 is 18.4 Å². The third-order valence-corrected chi connectivity index (χ3v) is 16.2. The zero-order valence-corrected chi connectivity index (χ0v) is 22.6. The van der Waals surface area contributed by atoms with E-state index in [1.807, 2.05) is 0 Å². The highest BCUT2D eigenvalue weighted by Gasteiger charge is 2.43. The molecule has 0 aromatic carbocycles. The monoisotopic (exact) mass is 432 g/mol. The van der Waals surface area contributed by atoms with Gasteiger partial charge in [0.1, 0.15) is 6.29 Å². The Hall–Kier alpha value is -0.0162. The van der Waals surface area contributed by atoms with Crippen LogP contribution >= 0.6 is 0 Å². The Labute approximate surface area is 177 Å². The van der Waals surface area contributed by atoms with Crippen molar-refractivity contribution < 1.29 is 18.4 Å². The van der Waals surface area contributed by atoms with Crippen LogP contribution < -0.4 is 0 Å². The highest BCUT2D eigenvalue weighted by atomic mass is 28.4. The van der Waals surface area contributed by atoms with Crippen LogP contribution in [0, 0.1) is 5.92 Å². The molecule has 0 saturated heterocycles. The van der Waals surface area contributed by atoms with E-state index in [-0.39, 0.29) is 11.1 Å². The molecule has 0 aliphatic carbocycles. The second-order valence-corrected chi connectivity index (χ2v) is 19.7. The average molecular weight is 433 g/mol. The van der Waals surface area contributed by atoms with E-state index >= 15 is 0 Å². The lowest BCUT2D eigenvalue weighted by Gasteiger charge is -2.43. The maximum absolute atomic E-state index is 11.4. The summed E-state index contributed by atoms with van der Waals surface area (Å²) >= 11 is 0. The van der Waals surface area contributed by atoms with E-state index in [4.69, 9.17) is 13.6 Å². The van der Waals surface area contributed by atoms with Gasteiger partial charge in [-0.15, -0.1) is 0 Å². The third kappa shape index (κ3) is 7.67. The van der Waals surface area contributed by atoms with Crippen molar-refractivity contribution in [3.8, 4) is 0 Å². The fourth-order valence-electron chi connectivity index (χ4n) is 3.48. The first kappa shape index (κ1) is 28.0. The van der Waals surface area contributed by atoms with Gasteiger partial charge in [-0.25, -0.2) is 0 Å². The Bertz CT molecular complexity index is 450. The van der Waals surface area contributed by atoms with Crippen molar-refractivity contribution in [2.45, 2.75) is 116 Å². The highest BCUT2D eigenvalue weighted by molar-refractivity contribution is 6.74. The lowest BCUT2D eigenvalue weighted by atomic mass is 9.87. The van der Waals surface area contributed by atoms with Gasteiger partial charge in [0.25, 0.3) is 0 Å². The van der Waals surface area contributed by atoms with Crippen LogP contribution in [0.1, 0.15) is 68.2 Å². The van der Waals surface area contributed by atoms with Crippen molar-refractivity contribution in [1.82, 2.24) is 0 Å². The fraction of sp³-hybridized carbons (Fsp3) is 0.955. The zero-order valence-electron chi connectivity index (χ0n) is 20.6. The normalized spacial score (nSPS) is 17.8. The summed E-state index contributed by atoms with van der Waals surface area (Å²) in [5.41, 5.74) is -0.491. The minimum Gasteiger partial charge on any atom is -0.417 e. The van der Waals surface area contributed by atoms with Crippen molar-refractivity contribution in [1.29, 1.82) is 0 Å². The van der Waals surface area contributed by atoms with E-state index in [1.54, 1.807) is 7.11 Å². The van der Waals surface area contributed by atoms with Crippen molar-refractivity contribution in [3.05, 3.63) is 0 Å². The predicted octanol–water partition coefficient (Wildman–Crippen LogP) is 6.42. The molecule has 0 unspecified atom stereocenters. The molecule has 0 radical (unpaired) electrons. The van der Waals surface area contributed by atoms with E-state index < -0.39 is 22.2 Å². The fourth-order valence-corrected chi connectivity index (χ4v) is 7.56. The Kier molecular flexibility index (Phi) is 11.4. The minimum atomic E-state index is -1.83. The summed E-state index contributed by atoms with van der Waals surface area (Å²) in [6.07, 6.45) is 1.99. The Balaban J connectivity index is 5.32. The van der Waals surface area contributed by atoms with Gasteiger partial charge in [0, 0.05) is 20.1 Å². The van der Waals surface area contributed by atoms with Crippen molar-refractivity contribution in [3.63, 3.8) is 0 Å². The van der Waals surface area contributed by atoms with Crippen LogP contribution in [0.4, 0.5) is 0 Å². The van der Waals surface area contributed by atoms with Crippen LogP contribution in [0.25, 0.3) is 0 Å². The van der Waals surface area contributed by atoms with Crippen molar-refractivity contribution in [2.75, 3.05) is 13.7 Å². The molecule has 0 aromatic heterocycles. The Morgan fingerprint density at radius 2 is 1.50 bits per heavy atom. The lowest BCUT2D eigenvalue weighted by molar-refractivity contribution is -0.121. The molecule has 4 nitrogen and oxygen atoms in total. The first-order valence-electron chi connectivity index (χ1n) is 11.1. The zero-order chi connectivity index (χ0) is 22.2. The summed E-state index contributed by atoms with van der Waals surface area (Å²) in [4.78, 5) is 11.4. The van der Waals surface area contributed by atoms with Gasteiger partial charge in [-0.3, -0.25) is 0 Å². The number of carbonyl (C=O) groups excluding carboxylic acids is 1. The van der Waals surface area contributed by atoms with E-state index in [0.29, 0.717) is 12.3 Å². The molecule has 0 spiro atoms. The van der Waals surface area contributed by atoms with Crippen LogP contribution in [-0.4, -0.2) is 48.3 Å². The van der Waals surface area contributed by atoms with Gasteiger partial charge >= 0.3 is 0 Å². The second kappa shape index (κ2) is 11.4. The molecule has 6 heteroatoms. The van der Waals surface area contributed by atoms with E-state index in [9.17, 15) is 4.79 Å². The Morgan fingerprint density at radius 3 is 1.86 bits per heavy atom. The molecule has 0 fully saturated rings. The molecule has 0 bridgehead atoms. The van der Waals surface area contributed by atoms with Gasteiger partial charge in [0.05, 0.1) is 11.7 Å². The topological polar surface area (TPSA) is 44.8 Å². The number of methoxy groups -OCH3 is 1. The van der Waals surface area contributed by atoms with E-state index in [1.165, 1.54) is 0 Å². The maximum atomic E-state index is 11.4. The summed E-state index contributed by atoms with van der Waals surface area (Å²) in [6, 6.07) is 3.21. The molecule has 3 atom stereocenters. The Morgan fingerprint density at radius 1 is 1.00 bits per heavy atom. The maximum Gasteiger partial charge on any atom is 0.192 e. The number of hydrogen-bond acceptors (Lipinski definition) is 4. The molecule has 0 aromatic rings. The van der Waals surface area contributed by atoms with E-state index in [0.717, 1.165) is 37.4 Å². The van der Waals surface area contributed by atoms with Gasteiger partial charge in [-0.2, -0.15) is 0 Å². The molecule has 0 rings (SSSR count). The van der Waals surface area contributed by atoms with Crippen LogP contribution in [-0.2, 0) is 18.4 Å². The van der Waals surface area contributed by atoms with Crippen LogP contribution in [0.2, 0.25) is 36.3 Å². The van der Waals surface area contributed by atoms with E-state index in [2.05, 4.69) is 68.5 Å². The SMILES string of the molecule is CC[Si](CC)(CC)O[C@H](CC=O)[C@@](C)(C[C@@H](C)CO[Si](C)(C)C(C)(C)C)OC. The summed E-state index contributed by atoms with van der Waals surface area (Å²) < 4.78 is 19.2. The molecule has 0 saturated carbocycles. The number of rotatable bonds is 14. The lowest BCUT2D eigenvalue weighted by Crippen LogP contribution is -2.51. The summed E-state index contributed by atoms with van der Waals surface area (Å²) in [7, 11) is -1.86. The first-order valence-corrected chi connectivity index (χ1v) is 16.5. The van der Waals surface area contributed by atoms with Crippen LogP contribution in [0.3, 0.4) is 0 Å². The number of carbonyl (C=O) groups is 1. The number of ether oxygens (including phenoxy) is 1. The molecule has 168 valence electrons. The number of aldehydes is 1. The molecule has 0 amide bonds. The molecule has 28 heavy (non-hydrogen) atoms. The molecular formula is C22H48O4Si2. The summed E-state index contributed by atoms with van der Waals surface area (Å²) in [5, 5.41) is 0.203. The van der Waals surface area contributed by atoms with Gasteiger partial charge in [0.15, 0.2) is 16.6 Å². The van der Waals surface area contributed by atoms with Crippen molar-refractivity contribution >= 4 is 22.9 Å². The van der Waals surface area contributed by atoms with Crippen molar-refractivity contribution in [2.24, 2.45) is 5.92 Å². The minimum absolute atomic E-state index is 0.197. The van der Waals surface area contributed by atoms with Crippen LogP contribution in [0.5, 0.6) is 0 Å². The molecule has 0 aliphatic rings. The van der Waals surface area contributed by atoms with Gasteiger partial charge in [0.2, 0.25) is 0 Å². The number of hydrogen-bond donors (Lipinski definition) is 0. The molecule has 0 N–H and O–H groups in total. The van der Waals surface area contributed by atoms with Gasteiger partial charge in [-0.05, 0) is 55.5 Å².